The van der Waals surface area contributed by atoms with E-state index in [0.29, 0.717) is 22.4 Å². The van der Waals surface area contributed by atoms with Gasteiger partial charge in [-0.05, 0) is 86.1 Å². The molecule has 7 nitrogen and oxygen atoms in total. The first-order valence-electron chi connectivity index (χ1n) is 13.3. The lowest BCUT2D eigenvalue weighted by atomic mass is 9.96. The van der Waals surface area contributed by atoms with Gasteiger partial charge in [0.25, 0.3) is 0 Å². The lowest BCUT2D eigenvalue weighted by Crippen LogP contribution is -2.33. The second-order valence-electron chi connectivity index (χ2n) is 9.92. The molecule has 4 aromatic rings. The highest BCUT2D eigenvalue weighted by atomic mass is 35.5. The zero-order valence-corrected chi connectivity index (χ0v) is 24.3. The summed E-state index contributed by atoms with van der Waals surface area (Å²) in [5, 5.41) is 18.3. The number of anilines is 1. The minimum Gasteiger partial charge on any atom is -0.506 e. The number of phenols is 1. The molecular formula is C31H32ClN5O2S. The van der Waals surface area contributed by atoms with Gasteiger partial charge in [0.2, 0.25) is 5.91 Å². The highest BCUT2D eigenvalue weighted by Crippen LogP contribution is 2.42. The number of para-hydroxylation sites is 1. The fraction of sp³-hybridized carbons (Fsp3) is 0.258. The number of aromatic hydroxyl groups is 1. The van der Waals surface area contributed by atoms with E-state index >= 15 is 0 Å². The van der Waals surface area contributed by atoms with Gasteiger partial charge < -0.3 is 25.2 Å². The van der Waals surface area contributed by atoms with E-state index in [0.717, 1.165) is 40.3 Å². The van der Waals surface area contributed by atoms with E-state index < -0.39 is 0 Å². The predicted molar refractivity (Wildman–Crippen MR) is 163 cm³/mol. The van der Waals surface area contributed by atoms with Crippen LogP contribution in [0.2, 0.25) is 5.02 Å². The van der Waals surface area contributed by atoms with Crippen molar-refractivity contribution in [2.45, 2.75) is 45.7 Å². The Hall–Kier alpha value is -3.88. The van der Waals surface area contributed by atoms with Crippen molar-refractivity contribution in [1.82, 2.24) is 19.8 Å². The topological polar surface area (TPSA) is 82.4 Å². The number of nitrogens with zero attached hydrogens (tertiary/aromatic N) is 3. The zero-order valence-electron chi connectivity index (χ0n) is 22.7. The maximum atomic E-state index is 13.1. The summed E-state index contributed by atoms with van der Waals surface area (Å²) >= 11 is 12.1. The van der Waals surface area contributed by atoms with Gasteiger partial charge in [-0.2, -0.15) is 0 Å². The molecule has 0 bridgehead atoms. The number of aromatic nitrogens is 2. The van der Waals surface area contributed by atoms with Gasteiger partial charge in [0.15, 0.2) is 5.11 Å². The molecule has 1 saturated heterocycles. The van der Waals surface area contributed by atoms with Crippen LogP contribution in [0.1, 0.15) is 53.6 Å². The SMILES string of the molecule is CCc1ccccc1NC(=O)CCN1C(=S)NC(c2ccccn2)C1c1cc(C)n(-c2cc(Cl)ccc2O)c1C. The molecule has 2 unspecified atom stereocenters. The average molecular weight is 574 g/mol. The van der Waals surface area contributed by atoms with Crippen LogP contribution in [-0.2, 0) is 11.2 Å². The molecule has 1 aliphatic heterocycles. The van der Waals surface area contributed by atoms with Crippen LogP contribution in [-0.4, -0.2) is 37.1 Å². The highest BCUT2D eigenvalue weighted by molar-refractivity contribution is 7.80. The molecule has 0 spiro atoms. The van der Waals surface area contributed by atoms with Gasteiger partial charge in [-0.15, -0.1) is 0 Å². The van der Waals surface area contributed by atoms with E-state index in [9.17, 15) is 9.90 Å². The first kappa shape index (κ1) is 27.7. The summed E-state index contributed by atoms with van der Waals surface area (Å²) in [4.78, 5) is 19.8. The normalized spacial score (nSPS) is 16.7. The Balaban J connectivity index is 1.49. The molecule has 3 heterocycles. The Morgan fingerprint density at radius 3 is 2.65 bits per heavy atom. The largest absolute Gasteiger partial charge is 0.506 e. The number of aryl methyl sites for hydroxylation is 2. The quantitative estimate of drug-likeness (QED) is 0.211. The Bertz CT molecular complexity index is 1550. The van der Waals surface area contributed by atoms with Crippen molar-refractivity contribution < 1.29 is 9.90 Å². The molecule has 1 aliphatic rings. The molecular weight excluding hydrogens is 542 g/mol. The molecule has 1 amide bonds. The van der Waals surface area contributed by atoms with Crippen LogP contribution in [0.4, 0.5) is 5.69 Å². The van der Waals surface area contributed by atoms with Crippen LogP contribution in [0.25, 0.3) is 5.69 Å². The number of carbonyl (C=O) groups is 1. The Morgan fingerprint density at radius 2 is 1.90 bits per heavy atom. The van der Waals surface area contributed by atoms with Crippen molar-refractivity contribution in [3.05, 3.63) is 106 Å². The molecule has 206 valence electrons. The van der Waals surface area contributed by atoms with Gasteiger partial charge in [0.1, 0.15) is 5.75 Å². The number of rotatable bonds is 8. The maximum Gasteiger partial charge on any atom is 0.226 e. The monoisotopic (exact) mass is 573 g/mol. The van der Waals surface area contributed by atoms with Crippen molar-refractivity contribution >= 4 is 40.5 Å². The van der Waals surface area contributed by atoms with Crippen LogP contribution in [0.3, 0.4) is 0 Å². The third-order valence-corrected chi connectivity index (χ3v) is 8.00. The van der Waals surface area contributed by atoms with Gasteiger partial charge in [-0.1, -0.05) is 42.8 Å². The van der Waals surface area contributed by atoms with E-state index in [2.05, 4.69) is 33.5 Å². The summed E-state index contributed by atoms with van der Waals surface area (Å²) in [5.41, 5.74) is 6.31. The van der Waals surface area contributed by atoms with Crippen molar-refractivity contribution in [2.24, 2.45) is 0 Å². The lowest BCUT2D eigenvalue weighted by Gasteiger charge is -2.28. The summed E-state index contributed by atoms with van der Waals surface area (Å²) in [6.07, 6.45) is 2.87. The summed E-state index contributed by atoms with van der Waals surface area (Å²) < 4.78 is 2.00. The maximum absolute atomic E-state index is 13.1. The summed E-state index contributed by atoms with van der Waals surface area (Å²) in [7, 11) is 0. The Labute approximate surface area is 244 Å². The van der Waals surface area contributed by atoms with Crippen LogP contribution in [0, 0.1) is 13.8 Å². The van der Waals surface area contributed by atoms with E-state index in [4.69, 9.17) is 23.8 Å². The number of hydrogen-bond acceptors (Lipinski definition) is 4. The number of halogens is 1. The van der Waals surface area contributed by atoms with Gasteiger partial charge in [-0.3, -0.25) is 9.78 Å². The summed E-state index contributed by atoms with van der Waals surface area (Å²) in [6.45, 7) is 6.51. The van der Waals surface area contributed by atoms with Crippen molar-refractivity contribution in [2.75, 3.05) is 11.9 Å². The Kier molecular flexibility index (Phi) is 8.09. The van der Waals surface area contributed by atoms with Crippen molar-refractivity contribution in [3.63, 3.8) is 0 Å². The first-order valence-corrected chi connectivity index (χ1v) is 14.1. The van der Waals surface area contributed by atoms with Crippen LogP contribution in [0.15, 0.2) is 72.9 Å². The third kappa shape index (κ3) is 5.42. The minimum absolute atomic E-state index is 0.0712. The number of nitrogens with one attached hydrogen (secondary N) is 2. The molecule has 1 fully saturated rings. The van der Waals surface area contributed by atoms with Crippen LogP contribution in [0.5, 0.6) is 5.75 Å². The smallest absolute Gasteiger partial charge is 0.226 e. The number of carbonyl (C=O) groups excluding carboxylic acids is 1. The van der Waals surface area contributed by atoms with E-state index in [1.165, 1.54) is 0 Å². The van der Waals surface area contributed by atoms with Crippen LogP contribution >= 0.6 is 23.8 Å². The first-order chi connectivity index (χ1) is 19.3. The summed E-state index contributed by atoms with van der Waals surface area (Å²) in [5.74, 6) is 0.0676. The molecule has 0 saturated carbocycles. The van der Waals surface area contributed by atoms with E-state index in [-0.39, 0.29) is 30.2 Å². The molecule has 40 heavy (non-hydrogen) atoms. The molecule has 0 radical (unpaired) electrons. The minimum atomic E-state index is -0.223. The number of hydrogen-bond donors (Lipinski definition) is 3. The molecule has 2 aromatic heterocycles. The Morgan fingerprint density at radius 1 is 1.12 bits per heavy atom. The highest BCUT2D eigenvalue weighted by Gasteiger charge is 2.41. The molecule has 2 atom stereocenters. The van der Waals surface area contributed by atoms with Crippen molar-refractivity contribution in [1.29, 1.82) is 0 Å². The predicted octanol–water partition coefficient (Wildman–Crippen LogP) is 6.41. The molecule has 3 N–H and O–H groups in total. The number of amides is 1. The zero-order chi connectivity index (χ0) is 28.4. The molecule has 5 rings (SSSR count). The van der Waals surface area contributed by atoms with Crippen LogP contribution < -0.4 is 10.6 Å². The van der Waals surface area contributed by atoms with Gasteiger partial charge >= 0.3 is 0 Å². The average Bonchev–Trinajstić information content (AvgIpc) is 3.43. The van der Waals surface area contributed by atoms with E-state index in [1.54, 1.807) is 24.4 Å². The number of phenolic OH excluding ortho intramolecular Hbond substituents is 1. The number of pyridine rings is 1. The van der Waals surface area contributed by atoms with E-state index in [1.807, 2.05) is 60.9 Å². The molecule has 9 heteroatoms. The second-order valence-corrected chi connectivity index (χ2v) is 10.7. The van der Waals surface area contributed by atoms with Crippen molar-refractivity contribution in [3.8, 4) is 11.4 Å². The molecule has 0 aliphatic carbocycles. The third-order valence-electron chi connectivity index (χ3n) is 7.42. The van der Waals surface area contributed by atoms with Gasteiger partial charge in [0, 0.05) is 41.3 Å². The standard InChI is InChI=1S/C31H32ClN5O2S/c1-4-21-9-5-6-10-24(21)34-28(39)14-16-36-30(29(35-31(36)40)25-11-7-8-15-33-25)23-17-19(2)37(20(23)3)26-18-22(32)12-13-27(26)38/h5-13,15,17-18,29-30,38H,4,14,16H2,1-3H3,(H,34,39)(H,35,40). The lowest BCUT2D eigenvalue weighted by molar-refractivity contribution is -0.116. The van der Waals surface area contributed by atoms with Gasteiger partial charge in [-0.25, -0.2) is 0 Å². The number of thiocarbonyl (C=S) groups is 1. The fourth-order valence-corrected chi connectivity index (χ4v) is 6.00. The second kappa shape index (κ2) is 11.7. The van der Waals surface area contributed by atoms with Gasteiger partial charge in [0.05, 0.1) is 23.5 Å². The fourth-order valence-electron chi connectivity index (χ4n) is 5.50. The summed E-state index contributed by atoms with van der Waals surface area (Å²) in [6, 6.07) is 20.4. The number of benzene rings is 2. The molecule has 2 aromatic carbocycles.